The Labute approximate surface area is 118 Å². The van der Waals surface area contributed by atoms with Crippen LogP contribution in [0.2, 0.25) is 0 Å². The predicted molar refractivity (Wildman–Crippen MR) is 79.4 cm³/mol. The maximum atomic E-state index is 4.47. The minimum absolute atomic E-state index is 0.496. The van der Waals surface area contributed by atoms with Crippen molar-refractivity contribution in [2.75, 3.05) is 11.9 Å². The van der Waals surface area contributed by atoms with Gasteiger partial charge in [-0.3, -0.25) is 0 Å². The largest absolute Gasteiger partial charge is 0.344 e. The maximum Gasteiger partial charge on any atom is 0.185 e. The molecule has 0 bridgehead atoms. The van der Waals surface area contributed by atoms with Crippen LogP contribution in [0, 0.1) is 0 Å². The van der Waals surface area contributed by atoms with Crippen molar-refractivity contribution in [3.05, 3.63) is 29.3 Å². The standard InChI is InChI=1S/C13H21N5S/c1-10(2)15-7-11-8-16-13(19-11)18(4)9-12-14-5-6-17(12)3/h5-6,8,10,15H,7,9H2,1-4H3. The van der Waals surface area contributed by atoms with Crippen LogP contribution in [-0.4, -0.2) is 27.6 Å². The van der Waals surface area contributed by atoms with E-state index in [0.717, 1.165) is 24.0 Å². The molecule has 0 aliphatic carbocycles. The fourth-order valence-electron chi connectivity index (χ4n) is 1.69. The van der Waals surface area contributed by atoms with E-state index in [1.54, 1.807) is 11.3 Å². The Morgan fingerprint density at radius 2 is 2.21 bits per heavy atom. The van der Waals surface area contributed by atoms with Crippen LogP contribution in [0.4, 0.5) is 5.13 Å². The predicted octanol–water partition coefficient (Wildman–Crippen LogP) is 2.01. The molecule has 2 aromatic rings. The normalized spacial score (nSPS) is 11.2. The molecule has 0 aliphatic heterocycles. The molecule has 0 saturated carbocycles. The summed E-state index contributed by atoms with van der Waals surface area (Å²) in [7, 11) is 4.06. The molecule has 104 valence electrons. The Morgan fingerprint density at radius 1 is 1.42 bits per heavy atom. The molecule has 2 rings (SSSR count). The lowest BCUT2D eigenvalue weighted by Gasteiger charge is -2.15. The van der Waals surface area contributed by atoms with Gasteiger partial charge < -0.3 is 14.8 Å². The Hall–Kier alpha value is -1.40. The van der Waals surface area contributed by atoms with Crippen molar-refractivity contribution >= 4 is 16.5 Å². The van der Waals surface area contributed by atoms with Gasteiger partial charge >= 0.3 is 0 Å². The number of hydrogen-bond acceptors (Lipinski definition) is 5. The maximum absolute atomic E-state index is 4.47. The van der Waals surface area contributed by atoms with E-state index in [0.29, 0.717) is 6.04 Å². The Balaban J connectivity index is 1.96. The molecule has 2 heterocycles. The molecule has 0 atom stereocenters. The summed E-state index contributed by atoms with van der Waals surface area (Å²) < 4.78 is 2.03. The monoisotopic (exact) mass is 279 g/mol. The highest BCUT2D eigenvalue weighted by atomic mass is 32.1. The van der Waals surface area contributed by atoms with Crippen molar-refractivity contribution in [3.63, 3.8) is 0 Å². The SMILES string of the molecule is CC(C)NCc1cnc(N(C)Cc2nccn2C)s1. The fraction of sp³-hybridized carbons (Fsp3) is 0.538. The molecular formula is C13H21N5S. The van der Waals surface area contributed by atoms with Gasteiger partial charge in [-0.15, -0.1) is 11.3 Å². The van der Waals surface area contributed by atoms with Crippen LogP contribution in [0.5, 0.6) is 0 Å². The second-order valence-electron chi connectivity index (χ2n) is 4.96. The number of thiazole rings is 1. The Morgan fingerprint density at radius 3 is 2.84 bits per heavy atom. The van der Waals surface area contributed by atoms with Gasteiger partial charge in [0.1, 0.15) is 5.82 Å². The molecule has 0 unspecified atom stereocenters. The third-order valence-electron chi connectivity index (χ3n) is 2.85. The summed E-state index contributed by atoms with van der Waals surface area (Å²) in [6, 6.07) is 0.496. The summed E-state index contributed by atoms with van der Waals surface area (Å²) in [6.07, 6.45) is 5.73. The molecule has 0 aromatic carbocycles. The van der Waals surface area contributed by atoms with Crippen molar-refractivity contribution in [1.29, 1.82) is 0 Å². The zero-order valence-corrected chi connectivity index (χ0v) is 12.7. The van der Waals surface area contributed by atoms with E-state index in [2.05, 4.69) is 34.0 Å². The van der Waals surface area contributed by atoms with Gasteiger partial charge in [0.05, 0.1) is 6.54 Å². The van der Waals surface area contributed by atoms with E-state index in [9.17, 15) is 0 Å². The van der Waals surface area contributed by atoms with Crippen LogP contribution in [-0.2, 0) is 20.1 Å². The second-order valence-corrected chi connectivity index (χ2v) is 6.05. The summed E-state index contributed by atoms with van der Waals surface area (Å²) >= 11 is 1.73. The Kier molecular flexibility index (Phi) is 4.55. The van der Waals surface area contributed by atoms with Crippen LogP contribution in [0.1, 0.15) is 24.5 Å². The van der Waals surface area contributed by atoms with Crippen molar-refractivity contribution in [1.82, 2.24) is 19.9 Å². The van der Waals surface area contributed by atoms with Gasteiger partial charge in [0, 0.05) is 50.1 Å². The number of hydrogen-bond donors (Lipinski definition) is 1. The third kappa shape index (κ3) is 3.78. The van der Waals surface area contributed by atoms with Gasteiger partial charge in [0.15, 0.2) is 5.13 Å². The van der Waals surface area contributed by atoms with E-state index in [4.69, 9.17) is 0 Å². The van der Waals surface area contributed by atoms with Crippen molar-refractivity contribution in [2.24, 2.45) is 7.05 Å². The molecule has 0 amide bonds. The highest BCUT2D eigenvalue weighted by molar-refractivity contribution is 7.15. The molecule has 1 N–H and O–H groups in total. The Bertz CT molecular complexity index is 517. The quantitative estimate of drug-likeness (QED) is 0.878. The molecule has 0 radical (unpaired) electrons. The second kappa shape index (κ2) is 6.16. The number of anilines is 1. The third-order valence-corrected chi connectivity index (χ3v) is 3.96. The molecular weight excluding hydrogens is 258 g/mol. The van der Waals surface area contributed by atoms with Crippen LogP contribution in [0.15, 0.2) is 18.6 Å². The van der Waals surface area contributed by atoms with Crippen LogP contribution < -0.4 is 10.2 Å². The number of aryl methyl sites for hydroxylation is 1. The van der Waals surface area contributed by atoms with Gasteiger partial charge in [-0.2, -0.15) is 0 Å². The highest BCUT2D eigenvalue weighted by Gasteiger charge is 2.10. The number of aromatic nitrogens is 3. The minimum atomic E-state index is 0.496. The molecule has 0 saturated heterocycles. The molecule has 0 fully saturated rings. The first-order valence-electron chi connectivity index (χ1n) is 6.41. The summed E-state index contributed by atoms with van der Waals surface area (Å²) in [5, 5.41) is 4.44. The van der Waals surface area contributed by atoms with Crippen molar-refractivity contribution in [3.8, 4) is 0 Å². The molecule has 19 heavy (non-hydrogen) atoms. The van der Waals surface area contributed by atoms with Crippen molar-refractivity contribution < 1.29 is 0 Å². The van der Waals surface area contributed by atoms with Crippen LogP contribution >= 0.6 is 11.3 Å². The molecule has 2 aromatic heterocycles. The van der Waals surface area contributed by atoms with E-state index in [1.165, 1.54) is 4.88 Å². The van der Waals surface area contributed by atoms with Crippen LogP contribution in [0.25, 0.3) is 0 Å². The van der Waals surface area contributed by atoms with E-state index in [-0.39, 0.29) is 0 Å². The lowest BCUT2D eigenvalue weighted by atomic mass is 10.4. The lowest BCUT2D eigenvalue weighted by Crippen LogP contribution is -2.21. The molecule has 6 heteroatoms. The minimum Gasteiger partial charge on any atom is -0.344 e. The fourth-order valence-corrected chi connectivity index (χ4v) is 2.51. The van der Waals surface area contributed by atoms with Crippen LogP contribution in [0.3, 0.4) is 0 Å². The van der Waals surface area contributed by atoms with Gasteiger partial charge in [-0.1, -0.05) is 13.8 Å². The topological polar surface area (TPSA) is 46.0 Å². The van der Waals surface area contributed by atoms with E-state index < -0.39 is 0 Å². The first kappa shape index (κ1) is 14.0. The zero-order valence-electron chi connectivity index (χ0n) is 11.9. The average molecular weight is 279 g/mol. The number of rotatable bonds is 6. The summed E-state index contributed by atoms with van der Waals surface area (Å²) in [6.45, 7) is 5.95. The summed E-state index contributed by atoms with van der Waals surface area (Å²) in [5.41, 5.74) is 0. The first-order valence-corrected chi connectivity index (χ1v) is 7.23. The highest BCUT2D eigenvalue weighted by Crippen LogP contribution is 2.22. The van der Waals surface area contributed by atoms with E-state index in [1.807, 2.05) is 37.3 Å². The van der Waals surface area contributed by atoms with Gasteiger partial charge in [0.25, 0.3) is 0 Å². The average Bonchev–Trinajstić information content (AvgIpc) is 2.97. The smallest absolute Gasteiger partial charge is 0.185 e. The molecule has 0 aliphatic rings. The van der Waals surface area contributed by atoms with Gasteiger partial charge in [-0.05, 0) is 0 Å². The van der Waals surface area contributed by atoms with Crippen molar-refractivity contribution in [2.45, 2.75) is 33.0 Å². The summed E-state index contributed by atoms with van der Waals surface area (Å²) in [4.78, 5) is 12.2. The number of imidazole rings is 1. The lowest BCUT2D eigenvalue weighted by molar-refractivity contribution is 0.593. The van der Waals surface area contributed by atoms with E-state index >= 15 is 0 Å². The molecule has 0 spiro atoms. The first-order chi connectivity index (χ1) is 9.06. The zero-order chi connectivity index (χ0) is 13.8. The number of nitrogens with zero attached hydrogens (tertiary/aromatic N) is 4. The van der Waals surface area contributed by atoms with Gasteiger partial charge in [-0.25, -0.2) is 9.97 Å². The number of nitrogens with one attached hydrogen (secondary N) is 1. The van der Waals surface area contributed by atoms with Gasteiger partial charge in [0.2, 0.25) is 0 Å². The summed E-state index contributed by atoms with van der Waals surface area (Å²) in [5.74, 6) is 1.04. The molecule has 5 nitrogen and oxygen atoms in total.